The van der Waals surface area contributed by atoms with Gasteiger partial charge in [-0.15, -0.1) is 0 Å². The van der Waals surface area contributed by atoms with E-state index in [2.05, 4.69) is 17.6 Å². The van der Waals surface area contributed by atoms with Crippen LogP contribution in [0.15, 0.2) is 6.07 Å². The van der Waals surface area contributed by atoms with Gasteiger partial charge in [-0.3, -0.25) is 4.79 Å². The fourth-order valence-electron chi connectivity index (χ4n) is 3.81. The molecule has 1 aliphatic heterocycles. The van der Waals surface area contributed by atoms with E-state index in [1.165, 1.54) is 17.0 Å². The first-order chi connectivity index (χ1) is 9.59. The number of carbonyl (C=O) groups is 1. The Balaban J connectivity index is 1.91. The zero-order chi connectivity index (χ0) is 14.3. The summed E-state index contributed by atoms with van der Waals surface area (Å²) in [4.78, 5) is 14.7. The van der Waals surface area contributed by atoms with Crippen LogP contribution in [0.3, 0.4) is 0 Å². The first-order valence-electron chi connectivity index (χ1n) is 7.84. The topological polar surface area (TPSA) is 51.3 Å². The van der Waals surface area contributed by atoms with Gasteiger partial charge >= 0.3 is 0 Å². The van der Waals surface area contributed by atoms with Crippen molar-refractivity contribution >= 4 is 5.91 Å². The lowest BCUT2D eigenvalue weighted by Gasteiger charge is -2.27. The van der Waals surface area contributed by atoms with Gasteiger partial charge in [0, 0.05) is 30.5 Å². The van der Waals surface area contributed by atoms with Crippen molar-refractivity contribution in [3.8, 4) is 0 Å². The Morgan fingerprint density at radius 1 is 1.35 bits per heavy atom. The van der Waals surface area contributed by atoms with Crippen LogP contribution in [0.1, 0.15) is 61.6 Å². The number of nitrogens with two attached hydrogens (primary N) is 1. The molecule has 2 unspecified atom stereocenters. The second-order valence-electron chi connectivity index (χ2n) is 6.26. The molecular weight excluding hydrogens is 250 g/mol. The number of nitrogens with zero attached hydrogens (tertiary/aromatic N) is 2. The van der Waals surface area contributed by atoms with E-state index in [0.717, 1.165) is 45.2 Å². The maximum atomic E-state index is 12.6. The van der Waals surface area contributed by atoms with Crippen molar-refractivity contribution in [1.29, 1.82) is 0 Å². The minimum absolute atomic E-state index is 0.0952. The Morgan fingerprint density at radius 3 is 2.75 bits per heavy atom. The molecule has 1 amide bonds. The van der Waals surface area contributed by atoms with Crippen LogP contribution >= 0.6 is 0 Å². The third-order valence-corrected chi connectivity index (χ3v) is 4.86. The molecule has 4 nitrogen and oxygen atoms in total. The van der Waals surface area contributed by atoms with E-state index < -0.39 is 0 Å². The number of carbonyl (C=O) groups excluding carboxylic acids is 1. The molecule has 1 aliphatic carbocycles. The molecule has 2 heterocycles. The van der Waals surface area contributed by atoms with E-state index in [1.54, 1.807) is 0 Å². The third kappa shape index (κ3) is 2.16. The first-order valence-corrected chi connectivity index (χ1v) is 7.84. The predicted octanol–water partition coefficient (Wildman–Crippen LogP) is 2.32. The molecule has 0 bridgehead atoms. The van der Waals surface area contributed by atoms with E-state index >= 15 is 0 Å². The summed E-state index contributed by atoms with van der Waals surface area (Å²) in [6.07, 6.45) is 5.53. The van der Waals surface area contributed by atoms with Crippen LogP contribution in [0.5, 0.6) is 0 Å². The molecule has 3 rings (SSSR count). The Labute approximate surface area is 120 Å². The smallest absolute Gasteiger partial charge is 0.245 e. The highest BCUT2D eigenvalue weighted by molar-refractivity contribution is 5.80. The summed E-state index contributed by atoms with van der Waals surface area (Å²) in [6.45, 7) is 5.98. The number of amides is 1. The van der Waals surface area contributed by atoms with Gasteiger partial charge in [0.2, 0.25) is 5.91 Å². The standard InChI is InChI=1S/C16H25N3O/c1-11-10-13-14(17)6-5-7-15(13)19(11)12(2)16(20)18-8-3-4-9-18/h10,12,14H,3-9,17H2,1-2H3. The molecule has 20 heavy (non-hydrogen) atoms. The van der Waals surface area contributed by atoms with Gasteiger partial charge in [0.05, 0.1) is 0 Å². The SMILES string of the molecule is Cc1cc2c(n1C(C)C(=O)N1CCCC1)CCCC2N. The highest BCUT2D eigenvalue weighted by atomic mass is 16.2. The van der Waals surface area contributed by atoms with Crippen molar-refractivity contribution in [3.05, 3.63) is 23.0 Å². The van der Waals surface area contributed by atoms with Crippen LogP contribution in [0.25, 0.3) is 0 Å². The molecule has 2 N–H and O–H groups in total. The van der Waals surface area contributed by atoms with Crippen molar-refractivity contribution in [3.63, 3.8) is 0 Å². The lowest BCUT2D eigenvalue weighted by Crippen LogP contribution is -2.35. The van der Waals surface area contributed by atoms with E-state index in [-0.39, 0.29) is 18.0 Å². The maximum absolute atomic E-state index is 12.6. The van der Waals surface area contributed by atoms with Crippen LogP contribution in [-0.4, -0.2) is 28.5 Å². The first kappa shape index (κ1) is 13.7. The molecule has 110 valence electrons. The normalized spacial score (nSPS) is 23.8. The average molecular weight is 275 g/mol. The number of likely N-dealkylation sites (tertiary alicyclic amines) is 1. The zero-order valence-electron chi connectivity index (χ0n) is 12.6. The Morgan fingerprint density at radius 2 is 2.05 bits per heavy atom. The molecule has 1 fully saturated rings. The maximum Gasteiger partial charge on any atom is 0.245 e. The summed E-state index contributed by atoms with van der Waals surface area (Å²) >= 11 is 0. The summed E-state index contributed by atoms with van der Waals surface area (Å²) in [5.74, 6) is 0.267. The number of aromatic nitrogens is 1. The van der Waals surface area contributed by atoms with Gasteiger partial charge < -0.3 is 15.2 Å². The monoisotopic (exact) mass is 275 g/mol. The van der Waals surface area contributed by atoms with Gasteiger partial charge in [-0.2, -0.15) is 0 Å². The van der Waals surface area contributed by atoms with Crippen molar-refractivity contribution in [2.24, 2.45) is 5.73 Å². The second-order valence-corrected chi connectivity index (χ2v) is 6.26. The Bertz CT molecular complexity index is 514. The quantitative estimate of drug-likeness (QED) is 0.900. The fourth-order valence-corrected chi connectivity index (χ4v) is 3.81. The average Bonchev–Trinajstić information content (AvgIpc) is 3.05. The Kier molecular flexibility index (Phi) is 3.59. The molecule has 1 aromatic rings. The minimum Gasteiger partial charge on any atom is -0.341 e. The molecule has 0 radical (unpaired) electrons. The van der Waals surface area contributed by atoms with Gasteiger partial charge in [0.25, 0.3) is 0 Å². The summed E-state index contributed by atoms with van der Waals surface area (Å²) in [6, 6.07) is 2.24. The highest BCUT2D eigenvalue weighted by Gasteiger charge is 2.29. The summed E-state index contributed by atoms with van der Waals surface area (Å²) in [5, 5.41) is 0. The van der Waals surface area contributed by atoms with Crippen molar-refractivity contribution < 1.29 is 4.79 Å². The van der Waals surface area contributed by atoms with Crippen LogP contribution in [0.2, 0.25) is 0 Å². The van der Waals surface area contributed by atoms with E-state index in [9.17, 15) is 4.79 Å². The highest BCUT2D eigenvalue weighted by Crippen LogP contribution is 2.33. The van der Waals surface area contributed by atoms with Gasteiger partial charge in [-0.05, 0) is 57.6 Å². The fraction of sp³-hybridized carbons (Fsp3) is 0.688. The van der Waals surface area contributed by atoms with Gasteiger partial charge in [0.15, 0.2) is 0 Å². The van der Waals surface area contributed by atoms with Crippen molar-refractivity contribution in [2.45, 2.75) is 58.0 Å². The van der Waals surface area contributed by atoms with Gasteiger partial charge in [0.1, 0.15) is 6.04 Å². The van der Waals surface area contributed by atoms with E-state index in [4.69, 9.17) is 5.73 Å². The van der Waals surface area contributed by atoms with Crippen LogP contribution in [0.4, 0.5) is 0 Å². The largest absolute Gasteiger partial charge is 0.341 e. The molecule has 0 saturated carbocycles. The lowest BCUT2D eigenvalue weighted by molar-refractivity contribution is -0.133. The number of rotatable bonds is 2. The molecule has 1 aromatic heterocycles. The molecule has 2 aliphatic rings. The molecule has 0 aromatic carbocycles. The van der Waals surface area contributed by atoms with Crippen LogP contribution < -0.4 is 5.73 Å². The number of aryl methyl sites for hydroxylation is 1. The summed E-state index contributed by atoms with van der Waals surface area (Å²) in [5.41, 5.74) is 9.94. The molecule has 4 heteroatoms. The van der Waals surface area contributed by atoms with Crippen molar-refractivity contribution in [1.82, 2.24) is 9.47 Å². The minimum atomic E-state index is -0.0952. The molecular formula is C16H25N3O. The number of hydrogen-bond donors (Lipinski definition) is 1. The number of fused-ring (bicyclic) bond motifs is 1. The van der Waals surface area contributed by atoms with E-state index in [0.29, 0.717) is 0 Å². The van der Waals surface area contributed by atoms with Gasteiger partial charge in [-0.25, -0.2) is 0 Å². The summed E-state index contributed by atoms with van der Waals surface area (Å²) < 4.78 is 2.23. The lowest BCUT2D eigenvalue weighted by atomic mass is 9.93. The van der Waals surface area contributed by atoms with E-state index in [1.807, 2.05) is 11.8 Å². The third-order valence-electron chi connectivity index (χ3n) is 4.86. The molecule has 1 saturated heterocycles. The van der Waals surface area contributed by atoms with Gasteiger partial charge in [-0.1, -0.05) is 0 Å². The predicted molar refractivity (Wildman–Crippen MR) is 79.6 cm³/mol. The van der Waals surface area contributed by atoms with Crippen molar-refractivity contribution in [2.75, 3.05) is 13.1 Å². The second kappa shape index (κ2) is 5.24. The number of hydrogen-bond acceptors (Lipinski definition) is 2. The Hall–Kier alpha value is -1.29. The zero-order valence-corrected chi connectivity index (χ0v) is 12.6. The molecule has 0 spiro atoms. The summed E-state index contributed by atoms with van der Waals surface area (Å²) in [7, 11) is 0. The van der Waals surface area contributed by atoms with Crippen LogP contribution in [-0.2, 0) is 11.2 Å². The molecule has 2 atom stereocenters. The van der Waals surface area contributed by atoms with Crippen LogP contribution in [0, 0.1) is 6.92 Å².